The van der Waals surface area contributed by atoms with Gasteiger partial charge >= 0.3 is 5.97 Å². The van der Waals surface area contributed by atoms with Crippen LogP contribution in [-0.4, -0.2) is 36.4 Å². The monoisotopic (exact) mass is 452 g/mol. The van der Waals surface area contributed by atoms with Crippen LogP contribution in [0, 0.1) is 5.92 Å². The maximum atomic E-state index is 12.7. The van der Waals surface area contributed by atoms with Gasteiger partial charge in [-0.15, -0.1) is 0 Å². The second kappa shape index (κ2) is 11.3. The molecule has 0 fully saturated rings. The van der Waals surface area contributed by atoms with Gasteiger partial charge in [0.25, 0.3) is 0 Å². The molecule has 1 heterocycles. The van der Waals surface area contributed by atoms with Crippen LogP contribution in [0.25, 0.3) is 6.08 Å². The average molecular weight is 453 g/mol. The summed E-state index contributed by atoms with van der Waals surface area (Å²) in [5.74, 6) is -0.688. The Balaban J connectivity index is 1.84. The Bertz CT molecular complexity index is 1040. The van der Waals surface area contributed by atoms with E-state index in [0.717, 1.165) is 11.3 Å². The number of benzene rings is 2. The van der Waals surface area contributed by atoms with Gasteiger partial charge in [-0.3, -0.25) is 9.59 Å². The van der Waals surface area contributed by atoms with Crippen molar-refractivity contribution in [3.8, 4) is 17.2 Å². The minimum Gasteiger partial charge on any atom is -0.507 e. The lowest BCUT2D eigenvalue weighted by atomic mass is 10.00. The second-order valence-electron chi connectivity index (χ2n) is 8.07. The van der Waals surface area contributed by atoms with E-state index in [-0.39, 0.29) is 43.3 Å². The number of aromatic hydroxyl groups is 1. The SMILES string of the molecule is COc1ccc(COc2cc(O)c3c(c2)C=CCCC(=O)C(=O)CC[C@@H](C)COC3=O)cc1. The maximum Gasteiger partial charge on any atom is 0.342 e. The van der Waals surface area contributed by atoms with Crippen LogP contribution >= 0.6 is 0 Å². The van der Waals surface area contributed by atoms with Gasteiger partial charge in [0.05, 0.1) is 13.7 Å². The number of rotatable bonds is 4. The van der Waals surface area contributed by atoms with Crippen LogP contribution in [0.2, 0.25) is 0 Å². The summed E-state index contributed by atoms with van der Waals surface area (Å²) < 4.78 is 16.3. The lowest BCUT2D eigenvalue weighted by Crippen LogP contribution is -2.18. The first kappa shape index (κ1) is 24.0. The molecular weight excluding hydrogens is 424 g/mol. The molecule has 0 saturated carbocycles. The van der Waals surface area contributed by atoms with Crippen molar-refractivity contribution in [1.82, 2.24) is 0 Å². The summed E-state index contributed by atoms with van der Waals surface area (Å²) in [6.07, 6.45) is 4.35. The molecule has 1 atom stereocenters. The zero-order valence-corrected chi connectivity index (χ0v) is 18.8. The fourth-order valence-electron chi connectivity index (χ4n) is 3.40. The molecular formula is C26H28O7. The normalized spacial score (nSPS) is 17.6. The van der Waals surface area contributed by atoms with Crippen molar-refractivity contribution in [3.05, 3.63) is 59.2 Å². The van der Waals surface area contributed by atoms with Gasteiger partial charge < -0.3 is 19.3 Å². The second-order valence-corrected chi connectivity index (χ2v) is 8.07. The Morgan fingerprint density at radius 2 is 1.76 bits per heavy atom. The molecule has 7 nitrogen and oxygen atoms in total. The molecule has 0 radical (unpaired) electrons. The Hall–Kier alpha value is -3.61. The fraction of sp³-hybridized carbons (Fsp3) is 0.346. The zero-order valence-electron chi connectivity index (χ0n) is 18.8. The van der Waals surface area contributed by atoms with Crippen molar-refractivity contribution < 1.29 is 33.7 Å². The van der Waals surface area contributed by atoms with E-state index in [1.807, 2.05) is 31.2 Å². The van der Waals surface area contributed by atoms with Crippen molar-refractivity contribution in [1.29, 1.82) is 0 Å². The predicted molar refractivity (Wildman–Crippen MR) is 122 cm³/mol. The van der Waals surface area contributed by atoms with Crippen LogP contribution in [0.3, 0.4) is 0 Å². The molecule has 7 heteroatoms. The standard InChI is InChI=1S/C26H28O7/c1-17-7-12-23(28)22(27)6-4-3-5-19-13-21(14-24(29)25(19)26(30)33-15-17)32-16-18-8-10-20(31-2)11-9-18/h3,5,8-11,13-14,17,29H,4,6-7,12,15-16H2,1-2H3/t17-/m1/s1. The predicted octanol–water partition coefficient (Wildman–Crippen LogP) is 4.50. The van der Waals surface area contributed by atoms with Crippen LogP contribution < -0.4 is 9.47 Å². The number of esters is 1. The molecule has 0 aliphatic carbocycles. The van der Waals surface area contributed by atoms with Gasteiger partial charge in [0.2, 0.25) is 0 Å². The highest BCUT2D eigenvalue weighted by molar-refractivity contribution is 6.37. The Morgan fingerprint density at radius 1 is 1.03 bits per heavy atom. The van der Waals surface area contributed by atoms with Crippen molar-refractivity contribution in [2.75, 3.05) is 13.7 Å². The molecule has 0 unspecified atom stereocenters. The number of phenolic OH excluding ortho intramolecular Hbond substituents is 1. The summed E-state index contributed by atoms with van der Waals surface area (Å²) in [6.45, 7) is 2.18. The number of allylic oxidation sites excluding steroid dienone is 1. The van der Waals surface area contributed by atoms with Gasteiger partial charge in [0.15, 0.2) is 11.6 Å². The van der Waals surface area contributed by atoms with Crippen LogP contribution in [0.15, 0.2) is 42.5 Å². The molecule has 1 aliphatic rings. The number of cyclic esters (lactones) is 1. The van der Waals surface area contributed by atoms with Gasteiger partial charge in [-0.05, 0) is 48.1 Å². The third-order valence-electron chi connectivity index (χ3n) is 5.40. The molecule has 0 amide bonds. The van der Waals surface area contributed by atoms with Gasteiger partial charge in [0, 0.05) is 18.9 Å². The molecule has 1 aliphatic heterocycles. The number of ketones is 2. The smallest absolute Gasteiger partial charge is 0.342 e. The molecule has 3 rings (SSSR count). The lowest BCUT2D eigenvalue weighted by Gasteiger charge is -2.15. The molecule has 2 aromatic rings. The van der Waals surface area contributed by atoms with E-state index >= 15 is 0 Å². The summed E-state index contributed by atoms with van der Waals surface area (Å²) in [6, 6.07) is 10.4. The number of carbonyl (C=O) groups excluding carboxylic acids is 3. The van der Waals surface area contributed by atoms with E-state index in [0.29, 0.717) is 24.2 Å². The largest absolute Gasteiger partial charge is 0.507 e. The van der Waals surface area contributed by atoms with Crippen molar-refractivity contribution >= 4 is 23.6 Å². The lowest BCUT2D eigenvalue weighted by molar-refractivity contribution is -0.136. The Kier molecular flexibility index (Phi) is 8.24. The highest BCUT2D eigenvalue weighted by Gasteiger charge is 2.21. The number of fused-ring (bicyclic) bond motifs is 1. The fourth-order valence-corrected chi connectivity index (χ4v) is 3.40. The quantitative estimate of drug-likeness (QED) is 0.539. The van der Waals surface area contributed by atoms with Crippen LogP contribution in [-0.2, 0) is 20.9 Å². The third kappa shape index (κ3) is 6.68. The highest BCUT2D eigenvalue weighted by atomic mass is 16.5. The third-order valence-corrected chi connectivity index (χ3v) is 5.40. The van der Waals surface area contributed by atoms with E-state index < -0.39 is 17.5 Å². The summed E-state index contributed by atoms with van der Waals surface area (Å²) in [4.78, 5) is 36.7. The summed E-state index contributed by atoms with van der Waals surface area (Å²) in [7, 11) is 1.59. The Morgan fingerprint density at radius 3 is 2.48 bits per heavy atom. The summed E-state index contributed by atoms with van der Waals surface area (Å²) in [5.41, 5.74) is 1.35. The number of ether oxygens (including phenoxy) is 3. The number of carbonyl (C=O) groups is 3. The summed E-state index contributed by atoms with van der Waals surface area (Å²) in [5, 5.41) is 10.6. The molecule has 0 spiro atoms. The molecule has 2 aromatic carbocycles. The number of methoxy groups -OCH3 is 1. The number of Topliss-reactive ketones (excluding diaryl/α,β-unsaturated/α-hetero) is 2. The van der Waals surface area contributed by atoms with Crippen LogP contribution in [0.1, 0.15) is 54.1 Å². The first-order chi connectivity index (χ1) is 15.9. The number of hydrogen-bond acceptors (Lipinski definition) is 7. The topological polar surface area (TPSA) is 99.1 Å². The Labute approximate surface area is 193 Å². The van der Waals surface area contributed by atoms with Gasteiger partial charge in [-0.1, -0.05) is 31.2 Å². The van der Waals surface area contributed by atoms with E-state index in [9.17, 15) is 19.5 Å². The van der Waals surface area contributed by atoms with Crippen molar-refractivity contribution in [2.45, 2.75) is 39.2 Å². The minimum absolute atomic E-state index is 0.0368. The number of phenols is 1. The van der Waals surface area contributed by atoms with Gasteiger partial charge in [-0.25, -0.2) is 4.79 Å². The number of hydrogen-bond donors (Lipinski definition) is 1. The van der Waals surface area contributed by atoms with E-state index in [1.165, 1.54) is 6.07 Å². The van der Waals surface area contributed by atoms with E-state index in [4.69, 9.17) is 14.2 Å². The van der Waals surface area contributed by atoms with E-state index in [1.54, 1.807) is 25.3 Å². The zero-order chi connectivity index (χ0) is 23.8. The van der Waals surface area contributed by atoms with Crippen molar-refractivity contribution in [2.24, 2.45) is 5.92 Å². The minimum atomic E-state index is -0.653. The maximum absolute atomic E-state index is 12.7. The van der Waals surface area contributed by atoms with Crippen LogP contribution in [0.5, 0.6) is 17.2 Å². The van der Waals surface area contributed by atoms with Crippen molar-refractivity contribution in [3.63, 3.8) is 0 Å². The van der Waals surface area contributed by atoms with Crippen LogP contribution in [0.4, 0.5) is 0 Å². The van der Waals surface area contributed by atoms with E-state index in [2.05, 4.69) is 0 Å². The molecule has 1 N–H and O–H groups in total. The molecule has 0 bridgehead atoms. The first-order valence-electron chi connectivity index (χ1n) is 10.9. The summed E-state index contributed by atoms with van der Waals surface area (Å²) >= 11 is 0. The van der Waals surface area contributed by atoms with Gasteiger partial charge in [-0.2, -0.15) is 0 Å². The molecule has 174 valence electrons. The average Bonchev–Trinajstić information content (AvgIpc) is 2.81. The molecule has 0 saturated heterocycles. The molecule has 33 heavy (non-hydrogen) atoms. The first-order valence-corrected chi connectivity index (χ1v) is 10.9. The van der Waals surface area contributed by atoms with Gasteiger partial charge in [0.1, 0.15) is 29.4 Å². The highest BCUT2D eigenvalue weighted by Crippen LogP contribution is 2.31. The molecule has 0 aromatic heterocycles.